The van der Waals surface area contributed by atoms with E-state index in [1.165, 1.54) is 11.5 Å². The summed E-state index contributed by atoms with van der Waals surface area (Å²) in [5.41, 5.74) is 0. The standard InChI is InChI=1S/C12H10N6S/c1-3-7-13-9(5-1)15-11-17-12(19-18-11)16-10-6-2-4-8-14-10/h1-8H,(H2,13,14,15,16,17,18). The molecule has 0 saturated carbocycles. The smallest absolute Gasteiger partial charge is 0.242 e. The maximum Gasteiger partial charge on any atom is 0.242 e. The summed E-state index contributed by atoms with van der Waals surface area (Å²) >= 11 is 1.26. The second kappa shape index (κ2) is 5.40. The molecule has 0 amide bonds. The van der Waals surface area contributed by atoms with Gasteiger partial charge in [0.05, 0.1) is 0 Å². The molecular formula is C12H10N6S. The highest BCUT2D eigenvalue weighted by molar-refractivity contribution is 7.10. The lowest BCUT2D eigenvalue weighted by molar-refractivity contribution is 1.23. The molecule has 0 unspecified atom stereocenters. The molecule has 3 aromatic heterocycles. The van der Waals surface area contributed by atoms with Crippen molar-refractivity contribution in [1.82, 2.24) is 19.3 Å². The van der Waals surface area contributed by atoms with E-state index in [4.69, 9.17) is 0 Å². The van der Waals surface area contributed by atoms with Crippen molar-refractivity contribution < 1.29 is 0 Å². The average Bonchev–Trinajstić information content (AvgIpc) is 2.88. The van der Waals surface area contributed by atoms with Crippen molar-refractivity contribution in [3.05, 3.63) is 48.8 Å². The van der Waals surface area contributed by atoms with Crippen molar-refractivity contribution in [2.75, 3.05) is 10.6 Å². The van der Waals surface area contributed by atoms with E-state index < -0.39 is 0 Å². The van der Waals surface area contributed by atoms with Gasteiger partial charge in [-0.15, -0.1) is 0 Å². The molecule has 0 aliphatic carbocycles. The Kier molecular flexibility index (Phi) is 3.28. The second-order valence-electron chi connectivity index (χ2n) is 3.60. The first-order chi connectivity index (χ1) is 9.40. The summed E-state index contributed by atoms with van der Waals surface area (Å²) in [4.78, 5) is 12.6. The molecule has 0 bridgehead atoms. The average molecular weight is 270 g/mol. The monoisotopic (exact) mass is 270 g/mol. The minimum absolute atomic E-state index is 0.516. The summed E-state index contributed by atoms with van der Waals surface area (Å²) in [6.45, 7) is 0. The number of hydrogen-bond donors (Lipinski definition) is 2. The van der Waals surface area contributed by atoms with E-state index in [1.54, 1.807) is 12.4 Å². The van der Waals surface area contributed by atoms with Crippen molar-refractivity contribution in [3.8, 4) is 0 Å². The molecule has 7 heteroatoms. The zero-order chi connectivity index (χ0) is 12.9. The van der Waals surface area contributed by atoms with E-state index in [0.29, 0.717) is 16.9 Å². The van der Waals surface area contributed by atoms with Gasteiger partial charge in [-0.2, -0.15) is 9.36 Å². The topological polar surface area (TPSA) is 75.6 Å². The lowest BCUT2D eigenvalue weighted by Gasteiger charge is -1.99. The van der Waals surface area contributed by atoms with Gasteiger partial charge in [0.1, 0.15) is 11.6 Å². The number of hydrogen-bond acceptors (Lipinski definition) is 7. The summed E-state index contributed by atoms with van der Waals surface area (Å²) in [5.74, 6) is 1.97. The molecule has 3 rings (SSSR count). The third-order valence-electron chi connectivity index (χ3n) is 2.23. The Morgan fingerprint density at radius 3 is 2.16 bits per heavy atom. The van der Waals surface area contributed by atoms with E-state index in [1.807, 2.05) is 36.4 Å². The first-order valence-electron chi connectivity index (χ1n) is 5.60. The van der Waals surface area contributed by atoms with Crippen LogP contribution >= 0.6 is 11.5 Å². The van der Waals surface area contributed by atoms with Gasteiger partial charge in [-0.25, -0.2) is 9.97 Å². The Bertz CT molecular complexity index is 584. The van der Waals surface area contributed by atoms with E-state index in [9.17, 15) is 0 Å². The van der Waals surface area contributed by atoms with Crippen molar-refractivity contribution >= 4 is 34.2 Å². The third kappa shape index (κ3) is 3.02. The largest absolute Gasteiger partial charge is 0.315 e. The molecule has 0 atom stereocenters. The zero-order valence-corrected chi connectivity index (χ0v) is 10.6. The molecule has 3 heterocycles. The van der Waals surface area contributed by atoms with Crippen LogP contribution in [-0.4, -0.2) is 19.3 Å². The van der Waals surface area contributed by atoms with Crippen LogP contribution in [0.5, 0.6) is 0 Å². The number of anilines is 4. The van der Waals surface area contributed by atoms with Gasteiger partial charge in [-0.3, -0.25) is 0 Å². The maximum atomic E-state index is 4.31. The van der Waals surface area contributed by atoms with Crippen LogP contribution in [0, 0.1) is 0 Å². The highest BCUT2D eigenvalue weighted by Gasteiger charge is 2.05. The molecule has 3 aromatic rings. The molecular weight excluding hydrogens is 260 g/mol. The van der Waals surface area contributed by atoms with Crippen molar-refractivity contribution in [2.24, 2.45) is 0 Å². The molecule has 0 fully saturated rings. The number of nitrogens with zero attached hydrogens (tertiary/aromatic N) is 4. The van der Waals surface area contributed by atoms with Gasteiger partial charge < -0.3 is 10.6 Å². The molecule has 6 nitrogen and oxygen atoms in total. The van der Waals surface area contributed by atoms with E-state index in [-0.39, 0.29) is 0 Å². The minimum Gasteiger partial charge on any atom is -0.315 e. The van der Waals surface area contributed by atoms with Crippen LogP contribution in [-0.2, 0) is 0 Å². The maximum absolute atomic E-state index is 4.31. The van der Waals surface area contributed by atoms with Crippen LogP contribution in [0.1, 0.15) is 0 Å². The van der Waals surface area contributed by atoms with Crippen LogP contribution in [0.3, 0.4) is 0 Å². The predicted molar refractivity (Wildman–Crippen MR) is 74.9 cm³/mol. The number of pyridine rings is 2. The Balaban J connectivity index is 1.70. The van der Waals surface area contributed by atoms with Gasteiger partial charge in [-0.05, 0) is 24.3 Å². The summed E-state index contributed by atoms with van der Waals surface area (Å²) in [6.07, 6.45) is 3.43. The van der Waals surface area contributed by atoms with Crippen LogP contribution in [0.25, 0.3) is 0 Å². The normalized spacial score (nSPS) is 10.1. The number of aromatic nitrogens is 4. The molecule has 0 spiro atoms. The molecule has 0 aliphatic rings. The summed E-state index contributed by atoms with van der Waals surface area (Å²) in [5, 5.41) is 6.79. The van der Waals surface area contributed by atoms with Crippen LogP contribution in [0.4, 0.5) is 22.7 Å². The van der Waals surface area contributed by atoms with Gasteiger partial charge in [-0.1, -0.05) is 12.1 Å². The third-order valence-corrected chi connectivity index (χ3v) is 2.86. The summed E-state index contributed by atoms with van der Waals surface area (Å²) < 4.78 is 4.20. The second-order valence-corrected chi connectivity index (χ2v) is 4.35. The zero-order valence-electron chi connectivity index (χ0n) is 9.82. The fourth-order valence-electron chi connectivity index (χ4n) is 1.42. The van der Waals surface area contributed by atoms with E-state index in [0.717, 1.165) is 5.82 Å². The first-order valence-corrected chi connectivity index (χ1v) is 6.37. The van der Waals surface area contributed by atoms with Crippen LogP contribution in [0.2, 0.25) is 0 Å². The molecule has 0 aliphatic heterocycles. The SMILES string of the molecule is c1ccc(Nc2nsc(Nc3ccccn3)n2)nc1. The Morgan fingerprint density at radius 2 is 1.53 bits per heavy atom. The quantitative estimate of drug-likeness (QED) is 0.759. The highest BCUT2D eigenvalue weighted by atomic mass is 32.1. The van der Waals surface area contributed by atoms with Crippen LogP contribution < -0.4 is 10.6 Å². The fraction of sp³-hybridized carbons (Fsp3) is 0. The molecule has 2 N–H and O–H groups in total. The van der Waals surface area contributed by atoms with Crippen LogP contribution in [0.15, 0.2) is 48.8 Å². The highest BCUT2D eigenvalue weighted by Crippen LogP contribution is 2.20. The Labute approximate surface area is 113 Å². The van der Waals surface area contributed by atoms with Gasteiger partial charge in [0, 0.05) is 23.9 Å². The summed E-state index contributed by atoms with van der Waals surface area (Å²) in [7, 11) is 0. The van der Waals surface area contributed by atoms with Gasteiger partial charge in [0.2, 0.25) is 11.1 Å². The summed E-state index contributed by atoms with van der Waals surface area (Å²) in [6, 6.07) is 11.2. The fourth-order valence-corrected chi connectivity index (χ4v) is 1.96. The van der Waals surface area contributed by atoms with E-state index in [2.05, 4.69) is 30.0 Å². The predicted octanol–water partition coefficient (Wildman–Crippen LogP) is 2.82. The Morgan fingerprint density at radius 1 is 0.842 bits per heavy atom. The molecule has 0 saturated heterocycles. The number of rotatable bonds is 4. The molecule has 19 heavy (non-hydrogen) atoms. The molecule has 0 aromatic carbocycles. The lowest BCUT2D eigenvalue weighted by atomic mass is 10.5. The lowest BCUT2D eigenvalue weighted by Crippen LogP contribution is -1.95. The Hall–Kier alpha value is -2.54. The number of nitrogens with one attached hydrogen (secondary N) is 2. The molecule has 0 radical (unpaired) electrons. The van der Waals surface area contributed by atoms with Crippen molar-refractivity contribution in [3.63, 3.8) is 0 Å². The van der Waals surface area contributed by atoms with Crippen molar-refractivity contribution in [2.45, 2.75) is 0 Å². The minimum atomic E-state index is 0.516. The van der Waals surface area contributed by atoms with Gasteiger partial charge in [0.15, 0.2) is 0 Å². The van der Waals surface area contributed by atoms with Gasteiger partial charge in [0.25, 0.3) is 0 Å². The molecule has 94 valence electrons. The first kappa shape index (κ1) is 11.5. The van der Waals surface area contributed by atoms with Crippen molar-refractivity contribution in [1.29, 1.82) is 0 Å². The van der Waals surface area contributed by atoms with E-state index >= 15 is 0 Å². The van der Waals surface area contributed by atoms with Gasteiger partial charge >= 0.3 is 0 Å².